The fourth-order valence-electron chi connectivity index (χ4n) is 1.75. The van der Waals surface area contributed by atoms with Crippen molar-refractivity contribution in [1.29, 1.82) is 0 Å². The van der Waals surface area contributed by atoms with Crippen LogP contribution in [-0.2, 0) is 10.1 Å². The molecule has 0 saturated carbocycles. The number of hydrogen-bond donors (Lipinski definition) is 1. The van der Waals surface area contributed by atoms with Gasteiger partial charge in [0.1, 0.15) is 4.90 Å². The van der Waals surface area contributed by atoms with E-state index in [4.69, 9.17) is 4.55 Å². The number of hydrogen-bond acceptors (Lipinski definition) is 4. The summed E-state index contributed by atoms with van der Waals surface area (Å²) in [6, 6.07) is 11.8. The second-order valence-electron chi connectivity index (χ2n) is 4.19. The highest BCUT2D eigenvalue weighted by molar-refractivity contribution is 7.85. The molecular formula is C14H11NO5S. The van der Waals surface area contributed by atoms with Crippen molar-refractivity contribution >= 4 is 28.0 Å². The summed E-state index contributed by atoms with van der Waals surface area (Å²) in [7, 11) is -4.30. The third kappa shape index (κ3) is 3.74. The minimum atomic E-state index is -4.30. The van der Waals surface area contributed by atoms with Crippen LogP contribution in [0.2, 0.25) is 0 Å². The van der Waals surface area contributed by atoms with E-state index in [9.17, 15) is 18.5 Å². The zero-order valence-corrected chi connectivity index (χ0v) is 11.5. The minimum Gasteiger partial charge on any atom is -0.282 e. The van der Waals surface area contributed by atoms with Crippen LogP contribution in [0.5, 0.6) is 0 Å². The first-order valence-electron chi connectivity index (χ1n) is 5.87. The van der Waals surface area contributed by atoms with Crippen molar-refractivity contribution in [2.45, 2.75) is 4.90 Å². The normalized spacial score (nSPS) is 11.7. The zero-order valence-electron chi connectivity index (χ0n) is 10.7. The van der Waals surface area contributed by atoms with Crippen LogP contribution in [0.25, 0.3) is 12.2 Å². The average molecular weight is 305 g/mol. The third-order valence-electron chi connectivity index (χ3n) is 2.76. The van der Waals surface area contributed by atoms with Gasteiger partial charge in [0.2, 0.25) is 0 Å². The first kappa shape index (κ1) is 14.9. The van der Waals surface area contributed by atoms with Crippen LogP contribution in [0.1, 0.15) is 11.1 Å². The van der Waals surface area contributed by atoms with E-state index in [0.717, 1.165) is 0 Å². The second kappa shape index (κ2) is 5.86. The van der Waals surface area contributed by atoms with Gasteiger partial charge in [-0.2, -0.15) is 8.42 Å². The fraction of sp³-hybridized carbons (Fsp3) is 0. The minimum absolute atomic E-state index is 0.0227. The first-order valence-corrected chi connectivity index (χ1v) is 7.31. The molecule has 0 aliphatic heterocycles. The molecule has 2 rings (SSSR count). The standard InChI is InChI=1S/C14H11NO5S/c16-15(17)13-9-6-11(7-10-13)5-8-12-3-1-2-4-14(12)21(18,19)20/h1-10H,(H,18,19,20)/b8-5+. The molecule has 0 fully saturated rings. The van der Waals surface area contributed by atoms with Crippen molar-refractivity contribution in [1.82, 2.24) is 0 Å². The molecule has 0 atom stereocenters. The van der Waals surface area contributed by atoms with Crippen LogP contribution in [0.4, 0.5) is 5.69 Å². The van der Waals surface area contributed by atoms with Gasteiger partial charge in [-0.15, -0.1) is 0 Å². The van der Waals surface area contributed by atoms with Crippen LogP contribution in [0.3, 0.4) is 0 Å². The van der Waals surface area contributed by atoms with E-state index in [1.807, 2.05) is 0 Å². The third-order valence-corrected chi connectivity index (χ3v) is 3.68. The highest BCUT2D eigenvalue weighted by atomic mass is 32.2. The Kier molecular flexibility index (Phi) is 4.15. The van der Waals surface area contributed by atoms with Crippen LogP contribution < -0.4 is 0 Å². The summed E-state index contributed by atoms with van der Waals surface area (Å²) in [4.78, 5) is 9.85. The molecule has 0 bridgehead atoms. The molecule has 0 spiro atoms. The van der Waals surface area contributed by atoms with Crippen LogP contribution in [0.15, 0.2) is 53.4 Å². The van der Waals surface area contributed by atoms with Crippen molar-refractivity contribution in [2.24, 2.45) is 0 Å². The van der Waals surface area contributed by atoms with Gasteiger partial charge in [0.25, 0.3) is 15.8 Å². The van der Waals surface area contributed by atoms with Crippen molar-refractivity contribution < 1.29 is 17.9 Å². The second-order valence-corrected chi connectivity index (χ2v) is 5.58. The maximum atomic E-state index is 11.2. The quantitative estimate of drug-likeness (QED) is 0.405. The first-order chi connectivity index (χ1) is 9.88. The molecule has 2 aromatic rings. The number of rotatable bonds is 4. The molecule has 21 heavy (non-hydrogen) atoms. The Labute approximate surface area is 121 Å². The summed E-state index contributed by atoms with van der Waals surface area (Å²) in [6.45, 7) is 0. The van der Waals surface area contributed by atoms with Gasteiger partial charge < -0.3 is 0 Å². The molecule has 0 heterocycles. The lowest BCUT2D eigenvalue weighted by Crippen LogP contribution is -2.00. The van der Waals surface area contributed by atoms with Crippen molar-refractivity contribution in [3.63, 3.8) is 0 Å². The van der Waals surface area contributed by atoms with E-state index >= 15 is 0 Å². The molecule has 7 heteroatoms. The van der Waals surface area contributed by atoms with Gasteiger partial charge in [0.05, 0.1) is 4.92 Å². The lowest BCUT2D eigenvalue weighted by molar-refractivity contribution is -0.384. The fourth-order valence-corrected chi connectivity index (χ4v) is 2.43. The van der Waals surface area contributed by atoms with E-state index in [0.29, 0.717) is 11.1 Å². The molecule has 108 valence electrons. The summed E-state index contributed by atoms with van der Waals surface area (Å²) < 4.78 is 31.6. The van der Waals surface area contributed by atoms with E-state index in [1.54, 1.807) is 30.3 Å². The van der Waals surface area contributed by atoms with Crippen molar-refractivity contribution in [3.8, 4) is 0 Å². The lowest BCUT2D eigenvalue weighted by Gasteiger charge is -2.01. The average Bonchev–Trinajstić information content (AvgIpc) is 2.45. The number of nitro groups is 1. The van der Waals surface area contributed by atoms with Crippen LogP contribution in [-0.4, -0.2) is 17.9 Å². The van der Waals surface area contributed by atoms with E-state index in [-0.39, 0.29) is 10.6 Å². The largest absolute Gasteiger partial charge is 0.295 e. The number of nitro benzene ring substituents is 1. The van der Waals surface area contributed by atoms with E-state index in [2.05, 4.69) is 0 Å². The van der Waals surface area contributed by atoms with Gasteiger partial charge in [0, 0.05) is 12.1 Å². The predicted octanol–water partition coefficient (Wildman–Crippen LogP) is 3.01. The predicted molar refractivity (Wildman–Crippen MR) is 78.3 cm³/mol. The monoisotopic (exact) mass is 305 g/mol. The molecule has 0 aliphatic rings. The highest BCUT2D eigenvalue weighted by Crippen LogP contribution is 2.19. The maximum absolute atomic E-state index is 11.2. The van der Waals surface area contributed by atoms with Gasteiger partial charge in [0.15, 0.2) is 0 Å². The highest BCUT2D eigenvalue weighted by Gasteiger charge is 2.12. The molecule has 0 amide bonds. The van der Waals surface area contributed by atoms with Crippen LogP contribution >= 0.6 is 0 Å². The van der Waals surface area contributed by atoms with Crippen molar-refractivity contribution in [2.75, 3.05) is 0 Å². The smallest absolute Gasteiger partial charge is 0.282 e. The molecule has 1 N–H and O–H groups in total. The Bertz CT molecular complexity index is 794. The molecular weight excluding hydrogens is 294 g/mol. The number of nitrogens with zero attached hydrogens (tertiary/aromatic N) is 1. The van der Waals surface area contributed by atoms with E-state index in [1.165, 1.54) is 30.3 Å². The number of non-ortho nitro benzene ring substituents is 1. The summed E-state index contributed by atoms with van der Waals surface area (Å²) in [5.41, 5.74) is 0.981. The Hall–Kier alpha value is -2.51. The van der Waals surface area contributed by atoms with Gasteiger partial charge in [-0.25, -0.2) is 0 Å². The molecule has 0 radical (unpaired) electrons. The summed E-state index contributed by atoms with van der Waals surface area (Å²) in [5.74, 6) is 0. The molecule has 0 aromatic heterocycles. The van der Waals surface area contributed by atoms with Crippen LogP contribution in [0, 0.1) is 10.1 Å². The Morgan fingerprint density at radius 1 is 1.00 bits per heavy atom. The summed E-state index contributed by atoms with van der Waals surface area (Å²) in [5, 5.41) is 10.5. The summed E-state index contributed by atoms with van der Waals surface area (Å²) in [6.07, 6.45) is 3.12. The number of benzene rings is 2. The Morgan fingerprint density at radius 3 is 2.19 bits per heavy atom. The SMILES string of the molecule is O=[N+]([O-])c1ccc(/C=C/c2ccccc2S(=O)(=O)O)cc1. The van der Waals surface area contributed by atoms with Gasteiger partial charge >= 0.3 is 0 Å². The Morgan fingerprint density at radius 2 is 1.62 bits per heavy atom. The van der Waals surface area contributed by atoms with Gasteiger partial charge in [-0.1, -0.05) is 30.4 Å². The molecule has 0 aliphatic carbocycles. The lowest BCUT2D eigenvalue weighted by atomic mass is 10.1. The molecule has 2 aromatic carbocycles. The maximum Gasteiger partial charge on any atom is 0.295 e. The zero-order chi connectivity index (χ0) is 15.5. The topological polar surface area (TPSA) is 97.5 Å². The van der Waals surface area contributed by atoms with Gasteiger partial charge in [-0.3, -0.25) is 14.7 Å². The summed E-state index contributed by atoms with van der Waals surface area (Å²) >= 11 is 0. The molecule has 6 nitrogen and oxygen atoms in total. The van der Waals surface area contributed by atoms with Crippen molar-refractivity contribution in [3.05, 3.63) is 69.8 Å². The van der Waals surface area contributed by atoms with E-state index < -0.39 is 15.0 Å². The van der Waals surface area contributed by atoms with Gasteiger partial charge in [-0.05, 0) is 29.3 Å². The molecule has 0 unspecified atom stereocenters. The molecule has 0 saturated heterocycles. The Balaban J connectivity index is 2.32.